The third-order valence-electron chi connectivity index (χ3n) is 10.2. The zero-order valence-corrected chi connectivity index (χ0v) is 20.9. The van der Waals surface area contributed by atoms with Crippen molar-refractivity contribution in [3.63, 3.8) is 0 Å². The molecule has 160 valence electrons. The van der Waals surface area contributed by atoms with Crippen molar-refractivity contribution in [2.45, 2.75) is 110 Å². The van der Waals surface area contributed by atoms with Crippen LogP contribution in [0.1, 0.15) is 105 Å². The Morgan fingerprint density at radius 1 is 1.00 bits per heavy atom. The summed E-state index contributed by atoms with van der Waals surface area (Å²) in [5.74, 6) is 5.74. The number of fused-ring (bicyclic) bond motifs is 5. The van der Waals surface area contributed by atoms with Crippen molar-refractivity contribution in [1.29, 1.82) is 0 Å². The standard InChI is InChI=1S/C27H45Br/c1-18(2)7-6-8-19(3)23-11-12-24-22-10-9-20-17-21(28)13-15-26(20,4)25(22)14-16-27(23,24)5/h9,18-19,21-25H,6-8,10-17H2,1-5H3/t19?,21-,22?,23+,24?,25?,26-,27+/m0/s1. The molecule has 0 radical (unpaired) electrons. The van der Waals surface area contributed by atoms with Gasteiger partial charge in [-0.05, 0) is 97.7 Å². The van der Waals surface area contributed by atoms with Crippen LogP contribution in [-0.4, -0.2) is 4.83 Å². The van der Waals surface area contributed by atoms with Crippen LogP contribution in [0.2, 0.25) is 0 Å². The summed E-state index contributed by atoms with van der Waals surface area (Å²) in [4.78, 5) is 0.736. The van der Waals surface area contributed by atoms with Gasteiger partial charge in [0.05, 0.1) is 0 Å². The van der Waals surface area contributed by atoms with Crippen molar-refractivity contribution in [2.24, 2.45) is 46.3 Å². The van der Waals surface area contributed by atoms with Gasteiger partial charge in [-0.1, -0.05) is 81.5 Å². The Hall–Kier alpha value is 0.220. The molecule has 0 aliphatic heterocycles. The number of allylic oxidation sites excluding steroid dienone is 2. The van der Waals surface area contributed by atoms with Crippen molar-refractivity contribution < 1.29 is 0 Å². The number of hydrogen-bond acceptors (Lipinski definition) is 0. The molecule has 4 aliphatic rings. The Kier molecular flexibility index (Phi) is 6.17. The summed E-state index contributed by atoms with van der Waals surface area (Å²) in [6.07, 6.45) is 18.6. The van der Waals surface area contributed by atoms with E-state index in [4.69, 9.17) is 0 Å². The molecule has 8 atom stereocenters. The predicted molar refractivity (Wildman–Crippen MR) is 126 cm³/mol. The molecule has 1 heteroatoms. The van der Waals surface area contributed by atoms with E-state index in [1.54, 1.807) is 0 Å². The van der Waals surface area contributed by atoms with Crippen LogP contribution in [0.25, 0.3) is 0 Å². The molecule has 0 aromatic rings. The van der Waals surface area contributed by atoms with Crippen molar-refractivity contribution in [3.05, 3.63) is 11.6 Å². The van der Waals surface area contributed by atoms with Crippen LogP contribution in [0, 0.1) is 46.3 Å². The molecule has 4 rings (SSSR count). The highest BCUT2D eigenvalue weighted by Gasteiger charge is 2.58. The molecule has 0 spiro atoms. The fraction of sp³-hybridized carbons (Fsp3) is 0.926. The average Bonchev–Trinajstić information content (AvgIpc) is 2.99. The summed E-state index contributed by atoms with van der Waals surface area (Å²) < 4.78 is 0. The number of rotatable bonds is 5. The second-order valence-electron chi connectivity index (χ2n) is 12.1. The lowest BCUT2D eigenvalue weighted by Crippen LogP contribution is -2.50. The normalized spacial score (nSPS) is 46.5. The van der Waals surface area contributed by atoms with Crippen LogP contribution in [0.5, 0.6) is 0 Å². The average molecular weight is 450 g/mol. The minimum atomic E-state index is 0.523. The van der Waals surface area contributed by atoms with E-state index in [0.29, 0.717) is 10.8 Å². The Labute approximate surface area is 183 Å². The second-order valence-corrected chi connectivity index (χ2v) is 13.4. The van der Waals surface area contributed by atoms with E-state index in [0.717, 1.165) is 40.3 Å². The van der Waals surface area contributed by atoms with E-state index in [1.807, 2.05) is 5.57 Å². The number of hydrogen-bond donors (Lipinski definition) is 0. The molecule has 0 N–H and O–H groups in total. The van der Waals surface area contributed by atoms with Crippen LogP contribution in [-0.2, 0) is 0 Å². The molecule has 28 heavy (non-hydrogen) atoms. The first-order valence-electron chi connectivity index (χ1n) is 12.6. The van der Waals surface area contributed by atoms with Gasteiger partial charge in [-0.25, -0.2) is 0 Å². The molecular weight excluding hydrogens is 404 g/mol. The first kappa shape index (κ1) is 21.5. The maximum atomic E-state index is 3.93. The largest absolute Gasteiger partial charge is 0.0887 e. The minimum absolute atomic E-state index is 0.523. The zero-order valence-electron chi connectivity index (χ0n) is 19.3. The van der Waals surface area contributed by atoms with Gasteiger partial charge in [0.2, 0.25) is 0 Å². The highest BCUT2D eigenvalue weighted by atomic mass is 79.9. The molecule has 3 fully saturated rings. The van der Waals surface area contributed by atoms with Crippen LogP contribution >= 0.6 is 15.9 Å². The Bertz CT molecular complexity index is 591. The van der Waals surface area contributed by atoms with Gasteiger partial charge in [0, 0.05) is 4.83 Å². The quantitative estimate of drug-likeness (QED) is 0.291. The lowest BCUT2D eigenvalue weighted by atomic mass is 9.47. The van der Waals surface area contributed by atoms with Gasteiger partial charge in [-0.2, -0.15) is 0 Å². The van der Waals surface area contributed by atoms with Gasteiger partial charge in [-0.3, -0.25) is 0 Å². The van der Waals surface area contributed by atoms with E-state index in [-0.39, 0.29) is 0 Å². The predicted octanol–water partition coefficient (Wildman–Crippen LogP) is 8.79. The van der Waals surface area contributed by atoms with Crippen molar-refractivity contribution in [3.8, 4) is 0 Å². The van der Waals surface area contributed by atoms with Crippen LogP contribution < -0.4 is 0 Å². The van der Waals surface area contributed by atoms with Gasteiger partial charge in [-0.15, -0.1) is 0 Å². The van der Waals surface area contributed by atoms with Crippen LogP contribution in [0.15, 0.2) is 11.6 Å². The van der Waals surface area contributed by atoms with Crippen LogP contribution in [0.4, 0.5) is 0 Å². The lowest BCUT2D eigenvalue weighted by molar-refractivity contribution is -0.0496. The summed E-state index contributed by atoms with van der Waals surface area (Å²) in [6, 6.07) is 0. The van der Waals surface area contributed by atoms with Gasteiger partial charge in [0.25, 0.3) is 0 Å². The maximum absolute atomic E-state index is 3.93. The summed E-state index contributed by atoms with van der Waals surface area (Å²) >= 11 is 3.93. The molecule has 4 unspecified atom stereocenters. The summed E-state index contributed by atoms with van der Waals surface area (Å²) in [5, 5.41) is 0. The first-order chi connectivity index (χ1) is 13.3. The molecule has 0 nitrogen and oxygen atoms in total. The fourth-order valence-corrected chi connectivity index (χ4v) is 9.22. The molecule has 0 heterocycles. The Morgan fingerprint density at radius 2 is 1.79 bits per heavy atom. The SMILES string of the molecule is CC(C)CCCC(C)[C@H]1CCC2C3CC=C4C[C@@H](Br)CC[C@]4(C)C3CC[C@@]21C. The molecule has 0 bridgehead atoms. The highest BCUT2D eigenvalue weighted by Crippen LogP contribution is 2.67. The summed E-state index contributed by atoms with van der Waals surface area (Å²) in [6.45, 7) is 12.7. The smallest absolute Gasteiger partial charge is 0.0183 e. The molecule has 0 amide bonds. The molecule has 4 aliphatic carbocycles. The Balaban J connectivity index is 1.49. The maximum Gasteiger partial charge on any atom is 0.0183 e. The van der Waals surface area contributed by atoms with Crippen molar-refractivity contribution in [1.82, 2.24) is 0 Å². The van der Waals surface area contributed by atoms with Gasteiger partial charge in [0.15, 0.2) is 0 Å². The van der Waals surface area contributed by atoms with Gasteiger partial charge < -0.3 is 0 Å². The molecule has 3 saturated carbocycles. The van der Waals surface area contributed by atoms with Gasteiger partial charge >= 0.3 is 0 Å². The van der Waals surface area contributed by atoms with Crippen LogP contribution in [0.3, 0.4) is 0 Å². The molecule has 0 saturated heterocycles. The monoisotopic (exact) mass is 448 g/mol. The summed E-state index contributed by atoms with van der Waals surface area (Å²) in [5.41, 5.74) is 2.98. The van der Waals surface area contributed by atoms with Crippen molar-refractivity contribution in [2.75, 3.05) is 0 Å². The molecule has 0 aromatic heterocycles. The molecular formula is C27H45Br. The zero-order chi connectivity index (χ0) is 20.1. The number of alkyl halides is 1. The topological polar surface area (TPSA) is 0 Å². The Morgan fingerprint density at radius 3 is 2.54 bits per heavy atom. The van der Waals surface area contributed by atoms with E-state index in [2.05, 4.69) is 56.6 Å². The van der Waals surface area contributed by atoms with E-state index >= 15 is 0 Å². The minimum Gasteiger partial charge on any atom is -0.0887 e. The third-order valence-corrected chi connectivity index (χ3v) is 11.0. The van der Waals surface area contributed by atoms with E-state index in [9.17, 15) is 0 Å². The van der Waals surface area contributed by atoms with E-state index in [1.165, 1.54) is 70.6 Å². The summed E-state index contributed by atoms with van der Waals surface area (Å²) in [7, 11) is 0. The lowest BCUT2D eigenvalue weighted by Gasteiger charge is -2.58. The van der Waals surface area contributed by atoms with Gasteiger partial charge in [0.1, 0.15) is 0 Å². The molecule has 0 aromatic carbocycles. The van der Waals surface area contributed by atoms with E-state index < -0.39 is 0 Å². The number of halogens is 1. The second kappa shape index (κ2) is 8.05. The highest BCUT2D eigenvalue weighted by molar-refractivity contribution is 9.09. The first-order valence-corrected chi connectivity index (χ1v) is 13.5. The third kappa shape index (κ3) is 3.58. The fourth-order valence-electron chi connectivity index (χ4n) is 8.64. The van der Waals surface area contributed by atoms with Crippen molar-refractivity contribution >= 4 is 15.9 Å².